The predicted octanol–water partition coefficient (Wildman–Crippen LogP) is 4.86. The molecule has 2 aliphatic heterocycles. The maximum atomic E-state index is 13.3. The van der Waals surface area contributed by atoms with Gasteiger partial charge in [0.05, 0.1) is 16.1 Å². The first-order valence-electron chi connectivity index (χ1n) is 9.65. The number of hydrogen-bond donors (Lipinski definition) is 0. The van der Waals surface area contributed by atoms with E-state index in [1.807, 2.05) is 6.07 Å². The van der Waals surface area contributed by atoms with E-state index < -0.39 is 0 Å². The second-order valence-electron chi connectivity index (χ2n) is 7.76. The van der Waals surface area contributed by atoms with Gasteiger partial charge in [0.1, 0.15) is 0 Å². The van der Waals surface area contributed by atoms with Gasteiger partial charge in [0.15, 0.2) is 0 Å². The fourth-order valence-corrected chi connectivity index (χ4v) is 5.50. The second-order valence-corrected chi connectivity index (χ2v) is 8.58. The van der Waals surface area contributed by atoms with Crippen molar-refractivity contribution in [1.82, 2.24) is 9.80 Å². The minimum absolute atomic E-state index is 0.124. The SMILES string of the molecule is O=C(c1ccc(Cl)c(Cl)c1)N1CCC[C@H]2CCC[C@H](N3CCCC3)[C@H]21. The number of piperidine rings is 1. The zero-order valence-corrected chi connectivity index (χ0v) is 16.1. The summed E-state index contributed by atoms with van der Waals surface area (Å²) in [5.74, 6) is 0.777. The Balaban J connectivity index is 1.61. The van der Waals surface area contributed by atoms with Crippen LogP contribution in [0, 0.1) is 5.92 Å². The molecule has 136 valence electrons. The summed E-state index contributed by atoms with van der Waals surface area (Å²) in [4.78, 5) is 18.1. The minimum Gasteiger partial charge on any atom is -0.334 e. The third kappa shape index (κ3) is 3.43. The van der Waals surface area contributed by atoms with Crippen LogP contribution in [0.25, 0.3) is 0 Å². The molecule has 25 heavy (non-hydrogen) atoms. The molecule has 0 N–H and O–H groups in total. The zero-order chi connectivity index (χ0) is 17.4. The van der Waals surface area contributed by atoms with Gasteiger partial charge in [-0.3, -0.25) is 9.69 Å². The molecule has 2 saturated heterocycles. The Kier molecular flexibility index (Phi) is 5.26. The van der Waals surface area contributed by atoms with Crippen LogP contribution in [-0.4, -0.2) is 47.4 Å². The first kappa shape index (κ1) is 17.6. The van der Waals surface area contributed by atoms with E-state index in [-0.39, 0.29) is 5.91 Å². The molecular formula is C20H26Cl2N2O. The first-order chi connectivity index (χ1) is 12.1. The molecule has 3 fully saturated rings. The number of rotatable bonds is 2. The van der Waals surface area contributed by atoms with E-state index >= 15 is 0 Å². The van der Waals surface area contributed by atoms with Crippen molar-refractivity contribution in [2.24, 2.45) is 5.92 Å². The number of halogens is 2. The lowest BCUT2D eigenvalue weighted by atomic mass is 9.74. The van der Waals surface area contributed by atoms with Crippen LogP contribution in [0.1, 0.15) is 55.3 Å². The summed E-state index contributed by atoms with van der Waals surface area (Å²) in [5, 5.41) is 0.961. The van der Waals surface area contributed by atoms with E-state index in [1.165, 1.54) is 51.6 Å². The second kappa shape index (κ2) is 7.46. The summed E-state index contributed by atoms with van der Waals surface area (Å²) in [6.45, 7) is 3.26. The molecule has 1 aromatic carbocycles. The predicted molar refractivity (Wildman–Crippen MR) is 102 cm³/mol. The number of hydrogen-bond acceptors (Lipinski definition) is 2. The Labute approximate surface area is 160 Å². The van der Waals surface area contributed by atoms with Gasteiger partial charge in [-0.25, -0.2) is 0 Å². The van der Waals surface area contributed by atoms with E-state index in [0.29, 0.717) is 33.6 Å². The van der Waals surface area contributed by atoms with Crippen LogP contribution in [0.15, 0.2) is 18.2 Å². The Morgan fingerprint density at radius 3 is 2.44 bits per heavy atom. The van der Waals surface area contributed by atoms with Gasteiger partial charge < -0.3 is 4.90 Å². The number of likely N-dealkylation sites (tertiary alicyclic amines) is 2. The van der Waals surface area contributed by atoms with Crippen molar-refractivity contribution in [2.75, 3.05) is 19.6 Å². The molecule has 3 aliphatic rings. The molecule has 1 aromatic rings. The lowest BCUT2D eigenvalue weighted by molar-refractivity contribution is 0.000239. The van der Waals surface area contributed by atoms with Crippen molar-refractivity contribution in [3.63, 3.8) is 0 Å². The molecule has 2 heterocycles. The van der Waals surface area contributed by atoms with Gasteiger partial charge in [-0.2, -0.15) is 0 Å². The van der Waals surface area contributed by atoms with Gasteiger partial charge in [-0.1, -0.05) is 29.6 Å². The third-order valence-electron chi connectivity index (χ3n) is 6.32. The smallest absolute Gasteiger partial charge is 0.254 e. The van der Waals surface area contributed by atoms with E-state index in [2.05, 4.69) is 9.80 Å². The number of nitrogens with zero attached hydrogens (tertiary/aromatic N) is 2. The molecule has 0 aromatic heterocycles. The molecule has 4 rings (SSSR count). The summed E-state index contributed by atoms with van der Waals surface area (Å²) < 4.78 is 0. The summed E-state index contributed by atoms with van der Waals surface area (Å²) >= 11 is 12.2. The maximum absolute atomic E-state index is 13.3. The summed E-state index contributed by atoms with van der Waals surface area (Å²) in [6, 6.07) is 6.17. The van der Waals surface area contributed by atoms with Crippen LogP contribution in [0.3, 0.4) is 0 Å². The fourth-order valence-electron chi connectivity index (χ4n) is 5.20. The minimum atomic E-state index is 0.124. The fraction of sp³-hybridized carbons (Fsp3) is 0.650. The van der Waals surface area contributed by atoms with Gasteiger partial charge in [-0.15, -0.1) is 0 Å². The summed E-state index contributed by atoms with van der Waals surface area (Å²) in [6.07, 6.45) is 8.77. The Morgan fingerprint density at radius 1 is 0.920 bits per heavy atom. The van der Waals surface area contributed by atoms with E-state index in [9.17, 15) is 4.79 Å². The monoisotopic (exact) mass is 380 g/mol. The highest BCUT2D eigenvalue weighted by Gasteiger charge is 2.44. The number of carbonyl (C=O) groups is 1. The molecule has 0 bridgehead atoms. The van der Waals surface area contributed by atoms with Crippen LogP contribution >= 0.6 is 23.2 Å². The molecule has 0 spiro atoms. The lowest BCUT2D eigenvalue weighted by Crippen LogP contribution is -2.60. The van der Waals surface area contributed by atoms with Crippen LogP contribution < -0.4 is 0 Å². The normalized spacial score (nSPS) is 30.3. The Bertz CT molecular complexity index is 643. The number of carbonyl (C=O) groups excluding carboxylic acids is 1. The van der Waals surface area contributed by atoms with Crippen molar-refractivity contribution in [3.05, 3.63) is 33.8 Å². The molecule has 0 unspecified atom stereocenters. The molecule has 0 radical (unpaired) electrons. The standard InChI is InChI=1S/C20H26Cl2N2O/c21-16-9-8-15(13-17(16)22)20(25)24-12-4-6-14-5-3-7-18(19(14)24)23-10-1-2-11-23/h8-9,13-14,18-19H,1-7,10-12H2/t14-,18+,19+/m1/s1. The molecule has 1 saturated carbocycles. The topological polar surface area (TPSA) is 23.6 Å². The quantitative estimate of drug-likeness (QED) is 0.730. The Hall–Kier alpha value is -0.770. The molecule has 5 heteroatoms. The van der Waals surface area contributed by atoms with Gasteiger partial charge in [0.2, 0.25) is 0 Å². The maximum Gasteiger partial charge on any atom is 0.254 e. The largest absolute Gasteiger partial charge is 0.334 e. The van der Waals surface area contributed by atoms with Gasteiger partial charge >= 0.3 is 0 Å². The van der Waals surface area contributed by atoms with E-state index in [0.717, 1.165) is 13.0 Å². The lowest BCUT2D eigenvalue weighted by Gasteiger charge is -2.50. The highest BCUT2D eigenvalue weighted by molar-refractivity contribution is 6.42. The Morgan fingerprint density at radius 2 is 1.68 bits per heavy atom. The van der Waals surface area contributed by atoms with E-state index in [1.54, 1.807) is 12.1 Å². The highest BCUT2D eigenvalue weighted by Crippen LogP contribution is 2.39. The zero-order valence-electron chi connectivity index (χ0n) is 14.6. The highest BCUT2D eigenvalue weighted by atomic mass is 35.5. The third-order valence-corrected chi connectivity index (χ3v) is 7.06. The van der Waals surface area contributed by atoms with Gasteiger partial charge in [-0.05, 0) is 75.7 Å². The average Bonchev–Trinajstić information content (AvgIpc) is 3.17. The number of benzene rings is 1. The van der Waals surface area contributed by atoms with Crippen molar-refractivity contribution < 1.29 is 4.79 Å². The van der Waals surface area contributed by atoms with Gasteiger partial charge in [0.25, 0.3) is 5.91 Å². The van der Waals surface area contributed by atoms with Crippen molar-refractivity contribution in [1.29, 1.82) is 0 Å². The van der Waals surface area contributed by atoms with Crippen LogP contribution in [0.5, 0.6) is 0 Å². The number of fused-ring (bicyclic) bond motifs is 1. The van der Waals surface area contributed by atoms with Crippen LogP contribution in [0.4, 0.5) is 0 Å². The van der Waals surface area contributed by atoms with Crippen molar-refractivity contribution in [3.8, 4) is 0 Å². The van der Waals surface area contributed by atoms with E-state index in [4.69, 9.17) is 23.2 Å². The average molecular weight is 381 g/mol. The van der Waals surface area contributed by atoms with Crippen molar-refractivity contribution in [2.45, 2.75) is 57.0 Å². The van der Waals surface area contributed by atoms with Crippen molar-refractivity contribution >= 4 is 29.1 Å². The first-order valence-corrected chi connectivity index (χ1v) is 10.4. The summed E-state index contributed by atoms with van der Waals surface area (Å²) in [5.41, 5.74) is 0.667. The molecule has 1 aliphatic carbocycles. The molecule has 3 nitrogen and oxygen atoms in total. The van der Waals surface area contributed by atoms with Crippen LogP contribution in [-0.2, 0) is 0 Å². The molecule has 1 amide bonds. The molecule has 3 atom stereocenters. The number of amides is 1. The summed E-state index contributed by atoms with van der Waals surface area (Å²) in [7, 11) is 0. The van der Waals surface area contributed by atoms with Crippen LogP contribution in [0.2, 0.25) is 10.0 Å². The molecular weight excluding hydrogens is 355 g/mol. The van der Waals surface area contributed by atoms with Gasteiger partial charge in [0, 0.05) is 18.2 Å².